The number of aromatic hydroxyl groups is 1. The van der Waals surface area contributed by atoms with E-state index in [2.05, 4.69) is 28.8 Å². The van der Waals surface area contributed by atoms with E-state index in [1.54, 1.807) is 4.68 Å². The van der Waals surface area contributed by atoms with Gasteiger partial charge in [0.15, 0.2) is 5.75 Å². The fraction of sp³-hybridized carbons (Fsp3) is 0.478. The van der Waals surface area contributed by atoms with Gasteiger partial charge in [0.25, 0.3) is 0 Å². The molecule has 0 saturated carbocycles. The number of fused-ring (bicyclic) bond motifs is 1. The Hall–Kier alpha value is -2.78. The summed E-state index contributed by atoms with van der Waals surface area (Å²) in [6.45, 7) is 9.02. The summed E-state index contributed by atoms with van der Waals surface area (Å²) < 4.78 is 36.2. The summed E-state index contributed by atoms with van der Waals surface area (Å²) >= 11 is 0. The number of aromatic nitrogens is 3. The largest absolute Gasteiger partial charge is 0.503 e. The van der Waals surface area contributed by atoms with Gasteiger partial charge in [-0.05, 0) is 38.8 Å². The van der Waals surface area contributed by atoms with E-state index in [1.807, 2.05) is 6.92 Å². The number of nitrogens with one attached hydrogen (secondary N) is 1. The monoisotopic (exact) mass is 446 g/mol. The molecule has 3 aromatic rings. The summed E-state index contributed by atoms with van der Waals surface area (Å²) in [7, 11) is 0. The Morgan fingerprint density at radius 2 is 1.84 bits per heavy atom. The van der Waals surface area contributed by atoms with E-state index in [4.69, 9.17) is 4.74 Å². The molecule has 0 aliphatic carbocycles. The zero-order valence-corrected chi connectivity index (χ0v) is 18.5. The first-order valence-corrected chi connectivity index (χ1v) is 11.0. The third kappa shape index (κ3) is 4.14. The second kappa shape index (κ2) is 8.99. The molecular formula is C23H28F2N4O3. The van der Waals surface area contributed by atoms with Crippen molar-refractivity contribution in [1.29, 1.82) is 0 Å². The molecule has 0 amide bonds. The highest BCUT2D eigenvalue weighted by molar-refractivity contribution is 5.84. The van der Waals surface area contributed by atoms with Crippen molar-refractivity contribution in [3.8, 4) is 17.0 Å². The smallest absolute Gasteiger partial charge is 0.235 e. The van der Waals surface area contributed by atoms with Crippen molar-refractivity contribution in [2.45, 2.75) is 52.4 Å². The van der Waals surface area contributed by atoms with Gasteiger partial charge >= 0.3 is 0 Å². The fourth-order valence-corrected chi connectivity index (χ4v) is 4.52. The van der Waals surface area contributed by atoms with Crippen molar-refractivity contribution in [3.05, 3.63) is 45.8 Å². The van der Waals surface area contributed by atoms with Crippen LogP contribution in [0.3, 0.4) is 0 Å². The maximum absolute atomic E-state index is 14.4. The highest BCUT2D eigenvalue weighted by Crippen LogP contribution is 2.31. The number of morpholine rings is 1. The molecule has 1 aromatic carbocycles. The van der Waals surface area contributed by atoms with Crippen molar-refractivity contribution in [2.24, 2.45) is 0 Å². The van der Waals surface area contributed by atoms with Gasteiger partial charge in [-0.2, -0.15) is 5.10 Å². The Bertz CT molecular complexity index is 1160. The van der Waals surface area contributed by atoms with Crippen LogP contribution in [0.4, 0.5) is 8.78 Å². The zero-order chi connectivity index (χ0) is 23.0. The molecule has 3 heterocycles. The molecule has 2 atom stereocenters. The van der Waals surface area contributed by atoms with Gasteiger partial charge in [0.05, 0.1) is 34.5 Å². The molecule has 9 heteroatoms. The van der Waals surface area contributed by atoms with Crippen LogP contribution in [-0.2, 0) is 17.7 Å². The summed E-state index contributed by atoms with van der Waals surface area (Å²) in [5, 5.41) is 15.3. The molecule has 0 spiro atoms. The SMILES string of the molecule is CCc1nn(CCCN2C[C@@H](C)O[C@@H](C)C2)c2[nH]c(-c3c(F)cccc3F)c(O)c(=O)c12. The van der Waals surface area contributed by atoms with Crippen LogP contribution in [0.2, 0.25) is 0 Å². The number of hydrogen-bond acceptors (Lipinski definition) is 5. The maximum atomic E-state index is 14.4. The molecule has 1 saturated heterocycles. The number of hydrogen-bond donors (Lipinski definition) is 2. The molecule has 4 rings (SSSR count). The predicted molar refractivity (Wildman–Crippen MR) is 118 cm³/mol. The minimum atomic E-state index is -0.868. The molecular weight excluding hydrogens is 418 g/mol. The van der Waals surface area contributed by atoms with Crippen LogP contribution in [0.5, 0.6) is 5.75 Å². The van der Waals surface area contributed by atoms with Crippen LogP contribution in [0.1, 0.15) is 32.9 Å². The van der Waals surface area contributed by atoms with Crippen LogP contribution >= 0.6 is 0 Å². The topological polar surface area (TPSA) is 83.4 Å². The maximum Gasteiger partial charge on any atom is 0.235 e. The Kier molecular flexibility index (Phi) is 6.30. The number of H-pyrrole nitrogens is 1. The number of ether oxygens (including phenoxy) is 1. The molecule has 32 heavy (non-hydrogen) atoms. The molecule has 0 radical (unpaired) electrons. The van der Waals surface area contributed by atoms with Gasteiger partial charge in [-0.3, -0.25) is 9.69 Å². The molecule has 1 aliphatic rings. The first-order chi connectivity index (χ1) is 15.3. The van der Waals surface area contributed by atoms with Crippen LogP contribution < -0.4 is 5.43 Å². The summed E-state index contributed by atoms with van der Waals surface area (Å²) in [6.07, 6.45) is 1.60. The average molecular weight is 446 g/mol. The number of nitrogens with zero attached hydrogens (tertiary/aromatic N) is 3. The van der Waals surface area contributed by atoms with Crippen molar-refractivity contribution < 1.29 is 18.6 Å². The van der Waals surface area contributed by atoms with Gasteiger partial charge in [-0.15, -0.1) is 0 Å². The summed E-state index contributed by atoms with van der Waals surface area (Å²) in [4.78, 5) is 18.2. The molecule has 0 bridgehead atoms. The molecule has 172 valence electrons. The number of aryl methyl sites for hydroxylation is 2. The summed E-state index contributed by atoms with van der Waals surface area (Å²) in [6, 6.07) is 3.40. The zero-order valence-electron chi connectivity index (χ0n) is 18.5. The minimum absolute atomic E-state index is 0.175. The fourth-order valence-electron chi connectivity index (χ4n) is 4.52. The number of pyridine rings is 1. The Labute approximate surface area is 184 Å². The van der Waals surface area contributed by atoms with Crippen molar-refractivity contribution >= 4 is 11.0 Å². The lowest BCUT2D eigenvalue weighted by molar-refractivity contribution is -0.0682. The summed E-state index contributed by atoms with van der Waals surface area (Å²) in [5.41, 5.74) is -0.545. The molecule has 2 aromatic heterocycles. The first-order valence-electron chi connectivity index (χ1n) is 11.0. The highest BCUT2D eigenvalue weighted by Gasteiger charge is 2.24. The van der Waals surface area contributed by atoms with E-state index < -0.39 is 28.4 Å². The predicted octanol–water partition coefficient (Wildman–Crippen LogP) is 3.44. The van der Waals surface area contributed by atoms with E-state index in [0.29, 0.717) is 24.3 Å². The van der Waals surface area contributed by atoms with E-state index in [0.717, 1.165) is 38.2 Å². The van der Waals surface area contributed by atoms with Gasteiger partial charge in [-0.25, -0.2) is 13.5 Å². The molecule has 0 unspecified atom stereocenters. The molecule has 1 aliphatic heterocycles. The van der Waals surface area contributed by atoms with Crippen molar-refractivity contribution in [2.75, 3.05) is 19.6 Å². The lowest BCUT2D eigenvalue weighted by Gasteiger charge is -2.35. The van der Waals surface area contributed by atoms with Gasteiger partial charge in [0.1, 0.15) is 17.3 Å². The average Bonchev–Trinajstić information content (AvgIpc) is 3.08. The van der Waals surface area contributed by atoms with Gasteiger partial charge in [-0.1, -0.05) is 13.0 Å². The molecule has 7 nitrogen and oxygen atoms in total. The van der Waals surface area contributed by atoms with Crippen LogP contribution in [-0.4, -0.2) is 56.6 Å². The quantitative estimate of drug-likeness (QED) is 0.606. The first kappa shape index (κ1) is 22.4. The number of halogens is 2. The van der Waals surface area contributed by atoms with E-state index in [-0.39, 0.29) is 23.3 Å². The van der Waals surface area contributed by atoms with E-state index in [9.17, 15) is 18.7 Å². The lowest BCUT2D eigenvalue weighted by atomic mass is 10.1. The second-order valence-corrected chi connectivity index (χ2v) is 8.39. The second-order valence-electron chi connectivity index (χ2n) is 8.39. The van der Waals surface area contributed by atoms with Gasteiger partial charge in [0, 0.05) is 26.2 Å². The van der Waals surface area contributed by atoms with Gasteiger partial charge in [0.2, 0.25) is 5.43 Å². The third-order valence-electron chi connectivity index (χ3n) is 5.83. The normalized spacial score (nSPS) is 19.7. The number of aromatic amines is 1. The third-order valence-corrected chi connectivity index (χ3v) is 5.83. The van der Waals surface area contributed by atoms with Crippen molar-refractivity contribution in [1.82, 2.24) is 19.7 Å². The Morgan fingerprint density at radius 3 is 2.47 bits per heavy atom. The molecule has 1 fully saturated rings. The summed E-state index contributed by atoms with van der Waals surface area (Å²) in [5.74, 6) is -2.45. The van der Waals surface area contributed by atoms with Crippen molar-refractivity contribution in [3.63, 3.8) is 0 Å². The van der Waals surface area contributed by atoms with Crippen LogP contribution in [0.25, 0.3) is 22.3 Å². The Morgan fingerprint density at radius 1 is 1.19 bits per heavy atom. The minimum Gasteiger partial charge on any atom is -0.503 e. The number of rotatable bonds is 6. The standard InChI is InChI=1S/C23H28F2N4O3/c1-4-17-19-21(30)22(31)20(18-15(24)7-5-8-16(18)25)26-23(19)29(27-17)10-6-9-28-11-13(2)32-14(3)12-28/h5,7-8,13-14,31H,4,6,9-12H2,1-3H3,(H,26,30)/t13-,14+. The van der Waals surface area contributed by atoms with Crippen LogP contribution in [0, 0.1) is 11.6 Å². The van der Waals surface area contributed by atoms with Gasteiger partial charge < -0.3 is 14.8 Å². The van der Waals surface area contributed by atoms with Crippen LogP contribution in [0.15, 0.2) is 23.0 Å². The van der Waals surface area contributed by atoms with E-state index >= 15 is 0 Å². The molecule has 2 N–H and O–H groups in total. The highest BCUT2D eigenvalue weighted by atomic mass is 19.1. The Balaban J connectivity index is 1.69. The lowest BCUT2D eigenvalue weighted by Crippen LogP contribution is -2.45. The van der Waals surface area contributed by atoms with E-state index in [1.165, 1.54) is 6.07 Å². The number of benzene rings is 1.